The molecule has 0 rings (SSSR count). The number of allylic oxidation sites excluding steroid dienone is 4. The number of carbonyl (C=O) groups excluding carboxylic acids is 1. The van der Waals surface area contributed by atoms with E-state index in [-0.39, 0.29) is 0 Å². The van der Waals surface area contributed by atoms with E-state index >= 15 is 0 Å². The highest BCUT2D eigenvalue weighted by atomic mass is 16.1. The monoisotopic (exact) mass is 165 g/mol. The second kappa shape index (κ2) is 5.76. The molecule has 0 N–H and O–H groups in total. The number of hydrogen-bond acceptors (Lipinski definition) is 1. The van der Waals surface area contributed by atoms with Gasteiger partial charge in [-0.3, -0.25) is 4.79 Å². The maximum atomic E-state index is 10.0. The summed E-state index contributed by atoms with van der Waals surface area (Å²) in [6.07, 6.45) is 6.51. The third-order valence-corrected chi connectivity index (χ3v) is 1.42. The quantitative estimate of drug-likeness (QED) is 0.585. The molecular weight excluding hydrogens is 148 g/mol. The smallest absolute Gasteiger partial charge is 0.202 e. The predicted molar refractivity (Wildman–Crippen MR) is 52.7 cm³/mol. The summed E-state index contributed by atoms with van der Waals surface area (Å²) in [5.41, 5.74) is 2.29. The summed E-state index contributed by atoms with van der Waals surface area (Å²) in [6.45, 7) is 8.27. The van der Waals surface area contributed by atoms with Gasteiger partial charge in [-0.05, 0) is 19.8 Å². The highest BCUT2D eigenvalue weighted by Crippen LogP contribution is 2.07. The maximum absolute atomic E-state index is 10.0. The standard InChI is InChI=1S/C11H17O/c1-9(2)7-11(4)8-10(3)5-6-12/h7-9H,5H2,1-4H3/b10-8+,11-7+. The molecule has 0 bridgehead atoms. The average molecular weight is 165 g/mol. The van der Waals surface area contributed by atoms with Crippen molar-refractivity contribution in [2.75, 3.05) is 0 Å². The summed E-state index contributed by atoms with van der Waals surface area (Å²) in [6, 6.07) is 0. The van der Waals surface area contributed by atoms with Crippen molar-refractivity contribution < 1.29 is 4.79 Å². The first-order valence-electron chi connectivity index (χ1n) is 4.27. The van der Waals surface area contributed by atoms with E-state index in [4.69, 9.17) is 0 Å². The van der Waals surface area contributed by atoms with Crippen LogP contribution in [-0.2, 0) is 4.79 Å². The minimum absolute atomic E-state index is 0.420. The van der Waals surface area contributed by atoms with Gasteiger partial charge in [0, 0.05) is 6.42 Å². The van der Waals surface area contributed by atoms with Crippen LogP contribution < -0.4 is 0 Å². The molecule has 67 valence electrons. The fourth-order valence-electron chi connectivity index (χ4n) is 1.13. The molecule has 0 aromatic carbocycles. The summed E-state index contributed by atoms with van der Waals surface area (Å²) in [7, 11) is 0. The minimum atomic E-state index is 0.420. The minimum Gasteiger partial charge on any atom is -0.291 e. The van der Waals surface area contributed by atoms with Gasteiger partial charge in [-0.15, -0.1) is 0 Å². The Kier molecular flexibility index (Phi) is 5.35. The van der Waals surface area contributed by atoms with Crippen LogP contribution in [0.1, 0.15) is 34.1 Å². The van der Waals surface area contributed by atoms with Gasteiger partial charge in [0.05, 0.1) is 0 Å². The summed E-state index contributed by atoms with van der Waals surface area (Å²) in [4.78, 5) is 10.0. The summed E-state index contributed by atoms with van der Waals surface area (Å²) < 4.78 is 0. The molecule has 0 aliphatic heterocycles. The largest absolute Gasteiger partial charge is 0.291 e. The van der Waals surface area contributed by atoms with Crippen LogP contribution in [0, 0.1) is 5.92 Å². The molecule has 0 heterocycles. The first kappa shape index (κ1) is 11.2. The van der Waals surface area contributed by atoms with E-state index in [0.717, 1.165) is 5.57 Å². The van der Waals surface area contributed by atoms with E-state index in [1.807, 2.05) is 26.2 Å². The predicted octanol–water partition coefficient (Wildman–Crippen LogP) is 3.03. The van der Waals surface area contributed by atoms with Gasteiger partial charge in [0.2, 0.25) is 6.29 Å². The van der Waals surface area contributed by atoms with Gasteiger partial charge >= 0.3 is 0 Å². The van der Waals surface area contributed by atoms with Gasteiger partial charge in [-0.2, -0.15) is 0 Å². The summed E-state index contributed by atoms with van der Waals surface area (Å²) in [5.74, 6) is 0.564. The normalized spacial score (nSPS) is 13.8. The van der Waals surface area contributed by atoms with Crippen LogP contribution in [-0.4, -0.2) is 6.29 Å². The SMILES string of the molecule is CC(=C\C(C)C)/C=C(\C)C[C]=O. The van der Waals surface area contributed by atoms with E-state index in [9.17, 15) is 4.79 Å². The topological polar surface area (TPSA) is 17.1 Å². The molecule has 0 fully saturated rings. The van der Waals surface area contributed by atoms with Gasteiger partial charge in [-0.25, -0.2) is 0 Å². The van der Waals surface area contributed by atoms with Crippen molar-refractivity contribution in [1.82, 2.24) is 0 Å². The third kappa shape index (κ3) is 5.90. The van der Waals surface area contributed by atoms with E-state index < -0.39 is 0 Å². The number of rotatable bonds is 4. The van der Waals surface area contributed by atoms with Crippen molar-refractivity contribution in [3.05, 3.63) is 23.3 Å². The Morgan fingerprint density at radius 2 is 2.00 bits per heavy atom. The molecule has 0 spiro atoms. The Bertz CT molecular complexity index is 197. The summed E-state index contributed by atoms with van der Waals surface area (Å²) >= 11 is 0. The fraction of sp³-hybridized carbons (Fsp3) is 0.545. The number of hydrogen-bond donors (Lipinski definition) is 0. The van der Waals surface area contributed by atoms with Crippen molar-refractivity contribution in [3.63, 3.8) is 0 Å². The van der Waals surface area contributed by atoms with Crippen LogP contribution in [0.25, 0.3) is 0 Å². The van der Waals surface area contributed by atoms with Crippen LogP contribution in [0.5, 0.6) is 0 Å². The maximum Gasteiger partial charge on any atom is 0.202 e. The zero-order valence-electron chi connectivity index (χ0n) is 8.35. The van der Waals surface area contributed by atoms with Gasteiger partial charge in [0.1, 0.15) is 0 Å². The van der Waals surface area contributed by atoms with Crippen LogP contribution in [0.15, 0.2) is 23.3 Å². The molecule has 0 atom stereocenters. The molecule has 0 saturated heterocycles. The highest BCUT2D eigenvalue weighted by molar-refractivity contribution is 5.55. The van der Waals surface area contributed by atoms with Crippen LogP contribution >= 0.6 is 0 Å². The molecule has 0 aliphatic rings. The molecule has 1 radical (unpaired) electrons. The second-order valence-electron chi connectivity index (χ2n) is 3.47. The molecule has 0 unspecified atom stereocenters. The van der Waals surface area contributed by atoms with Crippen molar-refractivity contribution in [2.24, 2.45) is 5.92 Å². The Morgan fingerprint density at radius 3 is 2.42 bits per heavy atom. The average Bonchev–Trinajstić information content (AvgIpc) is 1.84. The van der Waals surface area contributed by atoms with Crippen molar-refractivity contribution in [3.8, 4) is 0 Å². The van der Waals surface area contributed by atoms with Gasteiger partial charge < -0.3 is 0 Å². The van der Waals surface area contributed by atoms with E-state index in [1.165, 1.54) is 5.57 Å². The Balaban J connectivity index is 4.21. The highest BCUT2D eigenvalue weighted by Gasteiger charge is 1.91. The Labute approximate surface area is 75.2 Å². The Hall–Kier alpha value is -0.850. The molecule has 0 aliphatic carbocycles. The lowest BCUT2D eigenvalue weighted by atomic mass is 10.1. The van der Waals surface area contributed by atoms with Crippen LogP contribution in [0.4, 0.5) is 0 Å². The van der Waals surface area contributed by atoms with Crippen molar-refractivity contribution in [1.29, 1.82) is 0 Å². The Morgan fingerprint density at radius 1 is 1.42 bits per heavy atom. The zero-order chi connectivity index (χ0) is 9.56. The molecule has 0 saturated carbocycles. The molecule has 12 heavy (non-hydrogen) atoms. The molecular formula is C11H17O. The fourth-order valence-corrected chi connectivity index (χ4v) is 1.13. The van der Waals surface area contributed by atoms with E-state index in [0.29, 0.717) is 12.3 Å². The van der Waals surface area contributed by atoms with Crippen molar-refractivity contribution >= 4 is 6.29 Å². The summed E-state index contributed by atoms with van der Waals surface area (Å²) in [5, 5.41) is 0. The zero-order valence-corrected chi connectivity index (χ0v) is 8.35. The lowest BCUT2D eigenvalue weighted by Gasteiger charge is -1.98. The lowest BCUT2D eigenvalue weighted by Crippen LogP contribution is -1.83. The van der Waals surface area contributed by atoms with Crippen LogP contribution in [0.2, 0.25) is 0 Å². The molecule has 0 amide bonds. The lowest BCUT2D eigenvalue weighted by molar-refractivity contribution is 0.555. The van der Waals surface area contributed by atoms with Gasteiger partial charge in [-0.1, -0.05) is 37.1 Å². The third-order valence-electron chi connectivity index (χ3n) is 1.42. The second-order valence-corrected chi connectivity index (χ2v) is 3.47. The first-order chi connectivity index (χ1) is 5.56. The van der Waals surface area contributed by atoms with Gasteiger partial charge in [0.15, 0.2) is 0 Å². The van der Waals surface area contributed by atoms with E-state index in [1.54, 1.807) is 0 Å². The molecule has 0 aromatic rings. The molecule has 1 heteroatoms. The molecule has 1 nitrogen and oxygen atoms in total. The van der Waals surface area contributed by atoms with E-state index in [2.05, 4.69) is 19.9 Å². The molecule has 0 aromatic heterocycles. The van der Waals surface area contributed by atoms with Crippen LogP contribution in [0.3, 0.4) is 0 Å². The van der Waals surface area contributed by atoms with Crippen molar-refractivity contribution in [2.45, 2.75) is 34.1 Å². The first-order valence-corrected chi connectivity index (χ1v) is 4.27. The van der Waals surface area contributed by atoms with Gasteiger partial charge in [0.25, 0.3) is 0 Å².